The SMILES string of the molecule is CCc1nc2ccc(C(=O)N3CCN(C(=O)NC(C)C)CC3)cc2[nH]1. The third-order valence-corrected chi connectivity index (χ3v) is 4.38. The number of hydrogen-bond donors (Lipinski definition) is 2. The van der Waals surface area contributed by atoms with Crippen LogP contribution in [0.2, 0.25) is 0 Å². The summed E-state index contributed by atoms with van der Waals surface area (Å²) in [4.78, 5) is 36.0. The fourth-order valence-corrected chi connectivity index (χ4v) is 3.00. The quantitative estimate of drug-likeness (QED) is 0.894. The Morgan fingerprint density at radius 2 is 1.88 bits per heavy atom. The molecule has 1 saturated heterocycles. The zero-order valence-corrected chi connectivity index (χ0v) is 15.0. The van der Waals surface area contributed by atoms with Crippen molar-refractivity contribution < 1.29 is 9.59 Å². The number of carbonyl (C=O) groups is 2. The minimum atomic E-state index is -0.0620. The number of aromatic nitrogens is 2. The molecule has 2 heterocycles. The molecule has 1 fully saturated rings. The second kappa shape index (κ2) is 7.13. The smallest absolute Gasteiger partial charge is 0.317 e. The van der Waals surface area contributed by atoms with Crippen LogP contribution in [0.5, 0.6) is 0 Å². The van der Waals surface area contributed by atoms with Gasteiger partial charge in [-0.2, -0.15) is 0 Å². The lowest BCUT2D eigenvalue weighted by Crippen LogP contribution is -2.54. The van der Waals surface area contributed by atoms with Gasteiger partial charge in [0.05, 0.1) is 11.0 Å². The molecule has 0 saturated carbocycles. The zero-order chi connectivity index (χ0) is 18.0. The number of carbonyl (C=O) groups excluding carboxylic acids is 2. The number of aromatic amines is 1. The molecule has 134 valence electrons. The Balaban J connectivity index is 1.65. The minimum Gasteiger partial charge on any atom is -0.342 e. The second-order valence-corrected chi connectivity index (χ2v) is 6.65. The molecule has 3 rings (SSSR count). The minimum absolute atomic E-state index is 0.00142. The number of urea groups is 1. The fourth-order valence-electron chi connectivity index (χ4n) is 3.00. The van der Waals surface area contributed by atoms with Gasteiger partial charge in [0.1, 0.15) is 5.82 Å². The van der Waals surface area contributed by atoms with Crippen LogP contribution >= 0.6 is 0 Å². The van der Waals surface area contributed by atoms with E-state index in [0.717, 1.165) is 23.3 Å². The number of nitrogens with one attached hydrogen (secondary N) is 2. The monoisotopic (exact) mass is 343 g/mol. The summed E-state index contributed by atoms with van der Waals surface area (Å²) in [6.07, 6.45) is 0.832. The van der Waals surface area contributed by atoms with Crippen LogP contribution in [0.15, 0.2) is 18.2 Å². The number of rotatable bonds is 3. The summed E-state index contributed by atoms with van der Waals surface area (Å²) in [7, 11) is 0. The third-order valence-electron chi connectivity index (χ3n) is 4.38. The van der Waals surface area contributed by atoms with E-state index >= 15 is 0 Å². The molecule has 3 amide bonds. The molecule has 0 spiro atoms. The molecule has 0 bridgehead atoms. The van der Waals surface area contributed by atoms with Crippen molar-refractivity contribution in [3.8, 4) is 0 Å². The number of hydrogen-bond acceptors (Lipinski definition) is 3. The van der Waals surface area contributed by atoms with E-state index < -0.39 is 0 Å². The Labute approximate surface area is 147 Å². The molecular weight excluding hydrogens is 318 g/mol. The number of aryl methyl sites for hydroxylation is 1. The number of piperazine rings is 1. The number of nitrogens with zero attached hydrogens (tertiary/aromatic N) is 3. The average Bonchev–Trinajstić information content (AvgIpc) is 3.03. The van der Waals surface area contributed by atoms with Crippen molar-refractivity contribution in [3.05, 3.63) is 29.6 Å². The predicted octanol–water partition coefficient (Wildman–Crippen LogP) is 2.00. The highest BCUT2D eigenvalue weighted by atomic mass is 16.2. The van der Waals surface area contributed by atoms with Crippen LogP contribution in [-0.4, -0.2) is 63.9 Å². The molecule has 2 N–H and O–H groups in total. The molecule has 1 aliphatic heterocycles. The van der Waals surface area contributed by atoms with E-state index in [2.05, 4.69) is 15.3 Å². The highest BCUT2D eigenvalue weighted by Crippen LogP contribution is 2.16. The lowest BCUT2D eigenvalue weighted by Gasteiger charge is -2.35. The molecule has 0 unspecified atom stereocenters. The molecule has 1 aliphatic rings. The van der Waals surface area contributed by atoms with E-state index in [-0.39, 0.29) is 18.0 Å². The summed E-state index contributed by atoms with van der Waals surface area (Å²) in [6, 6.07) is 5.61. The maximum atomic E-state index is 12.7. The van der Waals surface area contributed by atoms with Gasteiger partial charge in [0, 0.05) is 44.2 Å². The average molecular weight is 343 g/mol. The molecule has 25 heavy (non-hydrogen) atoms. The first-order valence-electron chi connectivity index (χ1n) is 8.81. The van der Waals surface area contributed by atoms with Crippen molar-refractivity contribution in [1.29, 1.82) is 0 Å². The zero-order valence-electron chi connectivity index (χ0n) is 15.0. The van der Waals surface area contributed by atoms with Gasteiger partial charge < -0.3 is 20.1 Å². The van der Waals surface area contributed by atoms with Crippen molar-refractivity contribution in [2.24, 2.45) is 0 Å². The van der Waals surface area contributed by atoms with Crippen LogP contribution in [0.4, 0.5) is 4.79 Å². The van der Waals surface area contributed by atoms with Crippen LogP contribution in [0.1, 0.15) is 37.0 Å². The molecule has 0 radical (unpaired) electrons. The maximum Gasteiger partial charge on any atom is 0.317 e. The first-order valence-corrected chi connectivity index (χ1v) is 8.81. The van der Waals surface area contributed by atoms with Gasteiger partial charge in [0.25, 0.3) is 5.91 Å². The van der Waals surface area contributed by atoms with Gasteiger partial charge in [-0.05, 0) is 32.0 Å². The Morgan fingerprint density at radius 1 is 1.20 bits per heavy atom. The molecule has 0 aliphatic carbocycles. The summed E-state index contributed by atoms with van der Waals surface area (Å²) >= 11 is 0. The molecule has 0 atom stereocenters. The summed E-state index contributed by atoms with van der Waals surface area (Å²) in [5.41, 5.74) is 2.42. The van der Waals surface area contributed by atoms with E-state index in [1.54, 1.807) is 9.80 Å². The first kappa shape index (κ1) is 17.3. The Kier molecular flexibility index (Phi) is 4.92. The van der Waals surface area contributed by atoms with Crippen molar-refractivity contribution >= 4 is 23.0 Å². The van der Waals surface area contributed by atoms with Gasteiger partial charge in [0.2, 0.25) is 0 Å². The highest BCUT2D eigenvalue weighted by molar-refractivity contribution is 5.97. The lowest BCUT2D eigenvalue weighted by atomic mass is 10.1. The van der Waals surface area contributed by atoms with Crippen molar-refractivity contribution in [1.82, 2.24) is 25.1 Å². The standard InChI is InChI=1S/C18H25N5O2/c1-4-16-20-14-6-5-13(11-15(14)21-16)17(24)22-7-9-23(10-8-22)18(25)19-12(2)3/h5-6,11-12H,4,7-10H2,1-3H3,(H,19,25)(H,20,21). The molecule has 7 nitrogen and oxygen atoms in total. The number of fused-ring (bicyclic) bond motifs is 1. The summed E-state index contributed by atoms with van der Waals surface area (Å²) in [5, 5.41) is 2.89. The van der Waals surface area contributed by atoms with E-state index in [4.69, 9.17) is 0 Å². The summed E-state index contributed by atoms with van der Waals surface area (Å²) < 4.78 is 0. The van der Waals surface area contributed by atoms with E-state index in [0.29, 0.717) is 31.7 Å². The molecule has 2 aromatic rings. The number of amides is 3. The van der Waals surface area contributed by atoms with Gasteiger partial charge in [-0.3, -0.25) is 4.79 Å². The molecule has 1 aromatic carbocycles. The van der Waals surface area contributed by atoms with Crippen LogP contribution < -0.4 is 5.32 Å². The number of benzene rings is 1. The maximum absolute atomic E-state index is 12.7. The summed E-state index contributed by atoms with van der Waals surface area (Å²) in [5.74, 6) is 0.919. The van der Waals surface area contributed by atoms with Crippen molar-refractivity contribution in [2.75, 3.05) is 26.2 Å². The highest BCUT2D eigenvalue weighted by Gasteiger charge is 2.25. The Morgan fingerprint density at radius 3 is 2.52 bits per heavy atom. The van der Waals surface area contributed by atoms with Crippen molar-refractivity contribution in [3.63, 3.8) is 0 Å². The van der Waals surface area contributed by atoms with Crippen molar-refractivity contribution in [2.45, 2.75) is 33.2 Å². The Hall–Kier alpha value is -2.57. The lowest BCUT2D eigenvalue weighted by molar-refractivity contribution is 0.0664. The molecular formula is C18H25N5O2. The predicted molar refractivity (Wildman–Crippen MR) is 96.6 cm³/mol. The van der Waals surface area contributed by atoms with Gasteiger partial charge in [-0.25, -0.2) is 9.78 Å². The van der Waals surface area contributed by atoms with E-state index in [1.165, 1.54) is 0 Å². The van der Waals surface area contributed by atoms with Gasteiger partial charge in [-0.1, -0.05) is 6.92 Å². The number of imidazole rings is 1. The van der Waals surface area contributed by atoms with Crippen LogP contribution in [0.3, 0.4) is 0 Å². The Bertz CT molecular complexity index is 775. The van der Waals surface area contributed by atoms with Gasteiger partial charge in [0.15, 0.2) is 0 Å². The molecule has 1 aromatic heterocycles. The van der Waals surface area contributed by atoms with E-state index in [9.17, 15) is 9.59 Å². The third kappa shape index (κ3) is 3.75. The van der Waals surface area contributed by atoms with E-state index in [1.807, 2.05) is 39.0 Å². The topological polar surface area (TPSA) is 81.3 Å². The first-order chi connectivity index (χ1) is 12.0. The summed E-state index contributed by atoms with van der Waals surface area (Å²) in [6.45, 7) is 8.11. The molecule has 7 heteroatoms. The fraction of sp³-hybridized carbons (Fsp3) is 0.500. The van der Waals surface area contributed by atoms with Crippen LogP contribution in [0, 0.1) is 0 Å². The largest absolute Gasteiger partial charge is 0.342 e. The second-order valence-electron chi connectivity index (χ2n) is 6.65. The van der Waals surface area contributed by atoms with Gasteiger partial charge in [-0.15, -0.1) is 0 Å². The van der Waals surface area contributed by atoms with Crippen LogP contribution in [0.25, 0.3) is 11.0 Å². The normalized spacial score (nSPS) is 15.0. The number of H-pyrrole nitrogens is 1. The van der Waals surface area contributed by atoms with Crippen LogP contribution in [-0.2, 0) is 6.42 Å². The van der Waals surface area contributed by atoms with Gasteiger partial charge >= 0.3 is 6.03 Å².